The summed E-state index contributed by atoms with van der Waals surface area (Å²) in [5.41, 5.74) is 3.03. The number of hydrogen-bond acceptors (Lipinski definition) is 7. The molecule has 0 aromatic heterocycles. The van der Waals surface area contributed by atoms with Crippen LogP contribution in [0.25, 0.3) is 0 Å². The van der Waals surface area contributed by atoms with Gasteiger partial charge < -0.3 is 33.5 Å². The standard InChI is InChI=1S/C30H36O7/c1-32-21-25(31)26-27(34-18-22-12-6-3-7-13-22)28(35-19-23-14-8-4-9-15-23)29(30(33-2)37-26)36-20-24-16-10-5-11-17-24/h3-17,25-31H,18-21H2,1-2H3/t25-,26+,27+,28+,29+,30+/m0/s1. The summed E-state index contributed by atoms with van der Waals surface area (Å²) in [6.45, 7) is 1.08. The molecule has 1 fully saturated rings. The minimum absolute atomic E-state index is 0.0766. The van der Waals surface area contributed by atoms with E-state index in [-0.39, 0.29) is 6.61 Å². The lowest BCUT2D eigenvalue weighted by molar-refractivity contribution is -0.330. The smallest absolute Gasteiger partial charge is 0.186 e. The van der Waals surface area contributed by atoms with Crippen molar-refractivity contribution in [1.82, 2.24) is 0 Å². The topological polar surface area (TPSA) is 75.6 Å². The lowest BCUT2D eigenvalue weighted by Gasteiger charge is -2.46. The van der Waals surface area contributed by atoms with Crippen molar-refractivity contribution in [2.45, 2.75) is 56.6 Å². The van der Waals surface area contributed by atoms with E-state index in [2.05, 4.69) is 0 Å². The molecule has 0 spiro atoms. The lowest BCUT2D eigenvalue weighted by Crippen LogP contribution is -2.63. The summed E-state index contributed by atoms with van der Waals surface area (Å²) >= 11 is 0. The van der Waals surface area contributed by atoms with Gasteiger partial charge in [0.1, 0.15) is 30.5 Å². The third-order valence-electron chi connectivity index (χ3n) is 6.34. The van der Waals surface area contributed by atoms with Crippen LogP contribution in [0.1, 0.15) is 16.7 Å². The molecule has 1 aliphatic heterocycles. The summed E-state index contributed by atoms with van der Waals surface area (Å²) in [7, 11) is 3.09. The van der Waals surface area contributed by atoms with Crippen LogP contribution in [0.3, 0.4) is 0 Å². The minimum atomic E-state index is -0.957. The van der Waals surface area contributed by atoms with E-state index in [1.165, 1.54) is 7.11 Å². The highest BCUT2D eigenvalue weighted by Crippen LogP contribution is 2.32. The molecule has 0 unspecified atom stereocenters. The van der Waals surface area contributed by atoms with E-state index in [0.717, 1.165) is 16.7 Å². The zero-order valence-electron chi connectivity index (χ0n) is 21.3. The molecular formula is C30H36O7. The maximum Gasteiger partial charge on any atom is 0.186 e. The molecule has 0 aliphatic carbocycles. The van der Waals surface area contributed by atoms with Crippen molar-refractivity contribution in [2.24, 2.45) is 0 Å². The second-order valence-electron chi connectivity index (χ2n) is 9.01. The lowest BCUT2D eigenvalue weighted by atomic mass is 9.94. The van der Waals surface area contributed by atoms with Crippen LogP contribution in [0.5, 0.6) is 0 Å². The Hall–Kier alpha value is -2.62. The van der Waals surface area contributed by atoms with Crippen molar-refractivity contribution in [3.63, 3.8) is 0 Å². The van der Waals surface area contributed by atoms with Gasteiger partial charge in [-0.3, -0.25) is 0 Å². The highest BCUT2D eigenvalue weighted by atomic mass is 16.7. The molecule has 0 amide bonds. The van der Waals surface area contributed by atoms with Gasteiger partial charge in [-0.05, 0) is 16.7 Å². The Bertz CT molecular complexity index is 1020. The fraction of sp³-hybridized carbons (Fsp3) is 0.400. The molecule has 0 radical (unpaired) electrons. The Morgan fingerprint density at radius 1 is 0.649 bits per heavy atom. The molecule has 1 aliphatic rings. The summed E-state index contributed by atoms with van der Waals surface area (Å²) in [6, 6.07) is 29.7. The van der Waals surface area contributed by atoms with Crippen molar-refractivity contribution in [2.75, 3.05) is 20.8 Å². The summed E-state index contributed by atoms with van der Waals surface area (Å²) in [6.07, 6.45) is -4.35. The Balaban J connectivity index is 1.62. The molecule has 1 saturated heterocycles. The Labute approximate surface area is 218 Å². The number of ether oxygens (including phenoxy) is 6. The predicted molar refractivity (Wildman–Crippen MR) is 139 cm³/mol. The number of aliphatic hydroxyl groups is 1. The first-order chi connectivity index (χ1) is 18.2. The minimum Gasteiger partial charge on any atom is -0.388 e. The molecule has 0 saturated carbocycles. The second-order valence-corrected chi connectivity index (χ2v) is 9.01. The molecule has 1 heterocycles. The van der Waals surface area contributed by atoms with Crippen LogP contribution in [0.4, 0.5) is 0 Å². The number of methoxy groups -OCH3 is 2. The van der Waals surface area contributed by atoms with Crippen molar-refractivity contribution in [3.05, 3.63) is 108 Å². The van der Waals surface area contributed by atoms with Gasteiger partial charge in [-0.15, -0.1) is 0 Å². The van der Waals surface area contributed by atoms with Crippen molar-refractivity contribution in [3.8, 4) is 0 Å². The highest BCUT2D eigenvalue weighted by molar-refractivity contribution is 5.15. The van der Waals surface area contributed by atoms with Crippen molar-refractivity contribution >= 4 is 0 Å². The third kappa shape index (κ3) is 7.69. The van der Waals surface area contributed by atoms with Gasteiger partial charge in [0.05, 0.1) is 26.4 Å². The fourth-order valence-corrected chi connectivity index (χ4v) is 4.46. The molecule has 3 aromatic rings. The SMILES string of the molecule is COC[C@H](O)[C@H]1O[C@@H](OC)[C@H](OCc2ccccc2)[C@H](OCc2ccccc2)[C@@H]1OCc1ccccc1. The van der Waals surface area contributed by atoms with Gasteiger partial charge in [0.2, 0.25) is 0 Å². The second kappa shape index (κ2) is 14.4. The summed E-state index contributed by atoms with van der Waals surface area (Å²) in [5.74, 6) is 0. The predicted octanol–water partition coefficient (Wildman–Crippen LogP) is 4.12. The number of hydrogen-bond donors (Lipinski definition) is 1. The van der Waals surface area contributed by atoms with Crippen LogP contribution in [0.15, 0.2) is 91.0 Å². The molecule has 0 bridgehead atoms. The van der Waals surface area contributed by atoms with Gasteiger partial charge in [0.15, 0.2) is 6.29 Å². The summed E-state index contributed by atoms with van der Waals surface area (Å²) in [4.78, 5) is 0. The number of benzene rings is 3. The number of rotatable bonds is 13. The molecule has 3 aromatic carbocycles. The molecule has 1 N–H and O–H groups in total. The maximum absolute atomic E-state index is 11.0. The van der Waals surface area contributed by atoms with Crippen molar-refractivity contribution in [1.29, 1.82) is 0 Å². The summed E-state index contributed by atoms with van der Waals surface area (Å²) < 4.78 is 36.5. The third-order valence-corrected chi connectivity index (χ3v) is 6.34. The molecule has 37 heavy (non-hydrogen) atoms. The van der Waals surface area contributed by atoms with E-state index in [4.69, 9.17) is 28.4 Å². The summed E-state index contributed by atoms with van der Waals surface area (Å²) in [5, 5.41) is 11.0. The van der Waals surface area contributed by atoms with Gasteiger partial charge in [-0.1, -0.05) is 91.0 Å². The van der Waals surface area contributed by atoms with Gasteiger partial charge in [0.25, 0.3) is 0 Å². The molecular weight excluding hydrogens is 472 g/mol. The van der Waals surface area contributed by atoms with Crippen LogP contribution in [-0.4, -0.2) is 62.7 Å². The van der Waals surface area contributed by atoms with Gasteiger partial charge in [-0.25, -0.2) is 0 Å². The molecule has 7 heteroatoms. The van der Waals surface area contributed by atoms with E-state index in [1.807, 2.05) is 91.0 Å². The van der Waals surface area contributed by atoms with E-state index < -0.39 is 36.8 Å². The Kier molecular flexibility index (Phi) is 10.6. The van der Waals surface area contributed by atoms with Crippen LogP contribution in [0, 0.1) is 0 Å². The first-order valence-corrected chi connectivity index (χ1v) is 12.5. The van der Waals surface area contributed by atoms with Crippen LogP contribution >= 0.6 is 0 Å². The molecule has 7 nitrogen and oxygen atoms in total. The Morgan fingerprint density at radius 3 is 1.51 bits per heavy atom. The molecule has 4 rings (SSSR count). The fourth-order valence-electron chi connectivity index (χ4n) is 4.46. The van der Waals surface area contributed by atoms with Crippen molar-refractivity contribution < 1.29 is 33.5 Å². The van der Waals surface area contributed by atoms with E-state index >= 15 is 0 Å². The van der Waals surface area contributed by atoms with Crippen LogP contribution in [-0.2, 0) is 48.2 Å². The first kappa shape index (κ1) is 27.4. The zero-order chi connectivity index (χ0) is 25.9. The largest absolute Gasteiger partial charge is 0.388 e. The monoisotopic (exact) mass is 508 g/mol. The van der Waals surface area contributed by atoms with Crippen LogP contribution < -0.4 is 0 Å². The maximum atomic E-state index is 11.0. The highest BCUT2D eigenvalue weighted by Gasteiger charge is 2.50. The van der Waals surface area contributed by atoms with Crippen LogP contribution in [0.2, 0.25) is 0 Å². The number of aliphatic hydroxyl groups excluding tert-OH is 1. The van der Waals surface area contributed by atoms with Gasteiger partial charge in [0, 0.05) is 14.2 Å². The first-order valence-electron chi connectivity index (χ1n) is 12.5. The average molecular weight is 509 g/mol. The van der Waals surface area contributed by atoms with E-state index in [0.29, 0.717) is 19.8 Å². The quantitative estimate of drug-likeness (QED) is 0.372. The van der Waals surface area contributed by atoms with Gasteiger partial charge in [-0.2, -0.15) is 0 Å². The normalized spacial score (nSPS) is 24.6. The Morgan fingerprint density at radius 2 is 1.08 bits per heavy atom. The van der Waals surface area contributed by atoms with Gasteiger partial charge >= 0.3 is 0 Å². The van der Waals surface area contributed by atoms with E-state index in [1.54, 1.807) is 7.11 Å². The zero-order valence-corrected chi connectivity index (χ0v) is 21.3. The average Bonchev–Trinajstić information content (AvgIpc) is 2.95. The molecule has 198 valence electrons. The van der Waals surface area contributed by atoms with E-state index in [9.17, 15) is 5.11 Å². The molecule has 6 atom stereocenters.